The summed E-state index contributed by atoms with van der Waals surface area (Å²) in [7, 11) is 0. The highest BCUT2D eigenvalue weighted by molar-refractivity contribution is 5.74. The molecular formula is C6H11F2N3. The van der Waals surface area contributed by atoms with Crippen molar-refractivity contribution in [3.8, 4) is 0 Å². The molecule has 0 saturated carbocycles. The zero-order chi connectivity index (χ0) is 8.43. The minimum atomic E-state index is -2.28. The summed E-state index contributed by atoms with van der Waals surface area (Å²) < 4.78 is 24.1. The second-order valence-electron chi connectivity index (χ2n) is 2.71. The first-order chi connectivity index (χ1) is 5.11. The molecule has 64 valence electrons. The van der Waals surface area contributed by atoms with Crippen LogP contribution in [0.2, 0.25) is 0 Å². The summed E-state index contributed by atoms with van der Waals surface area (Å²) >= 11 is 0. The molecule has 0 aliphatic carbocycles. The van der Waals surface area contributed by atoms with Gasteiger partial charge in [-0.15, -0.1) is 0 Å². The Kier molecular flexibility index (Phi) is 2.26. The van der Waals surface area contributed by atoms with E-state index in [4.69, 9.17) is 11.1 Å². The van der Waals surface area contributed by atoms with Gasteiger partial charge in [-0.25, -0.2) is 8.78 Å². The Labute approximate surface area is 63.7 Å². The summed E-state index contributed by atoms with van der Waals surface area (Å²) in [6.07, 6.45) is -1.84. The van der Waals surface area contributed by atoms with Crippen LogP contribution >= 0.6 is 0 Å². The van der Waals surface area contributed by atoms with Gasteiger partial charge in [-0.3, -0.25) is 5.41 Å². The van der Waals surface area contributed by atoms with Gasteiger partial charge in [0.25, 0.3) is 0 Å². The van der Waals surface area contributed by atoms with Crippen LogP contribution < -0.4 is 5.73 Å². The summed E-state index contributed by atoms with van der Waals surface area (Å²) in [6, 6.07) is 0. The molecule has 1 saturated heterocycles. The number of guanidine groups is 1. The number of rotatable bonds is 1. The third-order valence-electron chi connectivity index (χ3n) is 1.92. The molecule has 1 aliphatic rings. The van der Waals surface area contributed by atoms with E-state index in [0.29, 0.717) is 13.0 Å². The average molecular weight is 163 g/mol. The normalized spacial score (nSPS) is 24.6. The van der Waals surface area contributed by atoms with Crippen molar-refractivity contribution < 1.29 is 8.78 Å². The minimum absolute atomic E-state index is 0.104. The van der Waals surface area contributed by atoms with E-state index in [-0.39, 0.29) is 12.5 Å². The first-order valence-electron chi connectivity index (χ1n) is 3.48. The molecule has 1 aliphatic heterocycles. The molecule has 0 aromatic rings. The molecule has 0 aromatic carbocycles. The fourth-order valence-electron chi connectivity index (χ4n) is 1.21. The molecule has 0 aromatic heterocycles. The molecule has 11 heavy (non-hydrogen) atoms. The lowest BCUT2D eigenvalue weighted by Gasteiger charge is -2.14. The fraction of sp³-hybridized carbons (Fsp3) is 0.833. The van der Waals surface area contributed by atoms with E-state index in [1.165, 1.54) is 4.90 Å². The average Bonchev–Trinajstić information content (AvgIpc) is 2.33. The van der Waals surface area contributed by atoms with Crippen molar-refractivity contribution in [2.75, 3.05) is 13.1 Å². The Morgan fingerprint density at radius 1 is 1.64 bits per heavy atom. The van der Waals surface area contributed by atoms with E-state index in [2.05, 4.69) is 0 Å². The highest BCUT2D eigenvalue weighted by Gasteiger charge is 2.29. The van der Waals surface area contributed by atoms with Crippen LogP contribution in [0.25, 0.3) is 0 Å². The van der Waals surface area contributed by atoms with Crippen LogP contribution in [0.4, 0.5) is 8.78 Å². The first-order valence-corrected chi connectivity index (χ1v) is 3.48. The van der Waals surface area contributed by atoms with Crippen LogP contribution in [0, 0.1) is 11.3 Å². The van der Waals surface area contributed by atoms with Gasteiger partial charge in [0.05, 0.1) is 0 Å². The van der Waals surface area contributed by atoms with Gasteiger partial charge in [-0.05, 0) is 6.42 Å². The van der Waals surface area contributed by atoms with Crippen molar-refractivity contribution in [1.82, 2.24) is 4.90 Å². The zero-order valence-electron chi connectivity index (χ0n) is 6.06. The molecule has 5 heteroatoms. The van der Waals surface area contributed by atoms with Crippen molar-refractivity contribution >= 4 is 5.96 Å². The van der Waals surface area contributed by atoms with Crippen LogP contribution in [0.1, 0.15) is 6.42 Å². The van der Waals surface area contributed by atoms with Gasteiger partial charge in [0, 0.05) is 19.0 Å². The van der Waals surface area contributed by atoms with Gasteiger partial charge >= 0.3 is 0 Å². The molecule has 1 atom stereocenters. The second-order valence-corrected chi connectivity index (χ2v) is 2.71. The highest BCUT2D eigenvalue weighted by atomic mass is 19.3. The van der Waals surface area contributed by atoms with Gasteiger partial charge in [0.2, 0.25) is 6.43 Å². The predicted molar refractivity (Wildman–Crippen MR) is 37.6 cm³/mol. The van der Waals surface area contributed by atoms with Crippen molar-refractivity contribution in [3.05, 3.63) is 0 Å². The summed E-state index contributed by atoms with van der Waals surface area (Å²) in [5.74, 6) is -0.702. The van der Waals surface area contributed by atoms with Crippen molar-refractivity contribution in [3.63, 3.8) is 0 Å². The number of likely N-dealkylation sites (tertiary alicyclic amines) is 1. The summed E-state index contributed by atoms with van der Waals surface area (Å²) in [5, 5.41) is 6.98. The molecule has 0 unspecified atom stereocenters. The van der Waals surface area contributed by atoms with Gasteiger partial charge in [-0.2, -0.15) is 0 Å². The van der Waals surface area contributed by atoms with Gasteiger partial charge in [-0.1, -0.05) is 0 Å². The van der Waals surface area contributed by atoms with Crippen molar-refractivity contribution in [2.24, 2.45) is 11.7 Å². The van der Waals surface area contributed by atoms with Crippen LogP contribution in [-0.2, 0) is 0 Å². The Balaban J connectivity index is 2.41. The molecule has 0 spiro atoms. The lowest BCUT2D eigenvalue weighted by atomic mass is 10.1. The quantitative estimate of drug-likeness (QED) is 0.436. The molecule has 1 fully saturated rings. The van der Waals surface area contributed by atoms with E-state index >= 15 is 0 Å². The number of hydrogen-bond donors (Lipinski definition) is 2. The topological polar surface area (TPSA) is 53.1 Å². The fourth-order valence-corrected chi connectivity index (χ4v) is 1.21. The number of nitrogens with one attached hydrogen (secondary N) is 1. The van der Waals surface area contributed by atoms with Crippen LogP contribution in [-0.4, -0.2) is 30.4 Å². The number of nitrogens with zero attached hydrogens (tertiary/aromatic N) is 1. The van der Waals surface area contributed by atoms with Crippen LogP contribution in [0.15, 0.2) is 0 Å². The van der Waals surface area contributed by atoms with Crippen LogP contribution in [0.5, 0.6) is 0 Å². The Morgan fingerprint density at radius 2 is 2.27 bits per heavy atom. The maximum Gasteiger partial charge on any atom is 0.243 e. The maximum absolute atomic E-state index is 12.0. The number of alkyl halides is 2. The Morgan fingerprint density at radius 3 is 2.55 bits per heavy atom. The van der Waals surface area contributed by atoms with Gasteiger partial charge < -0.3 is 10.6 Å². The molecular weight excluding hydrogens is 152 g/mol. The van der Waals surface area contributed by atoms with E-state index in [1.807, 2.05) is 0 Å². The van der Waals surface area contributed by atoms with E-state index < -0.39 is 12.3 Å². The highest BCUT2D eigenvalue weighted by Crippen LogP contribution is 2.21. The first kappa shape index (κ1) is 8.23. The molecule has 0 amide bonds. The summed E-state index contributed by atoms with van der Waals surface area (Å²) in [5.41, 5.74) is 5.12. The largest absolute Gasteiger partial charge is 0.370 e. The van der Waals surface area contributed by atoms with Crippen LogP contribution in [0.3, 0.4) is 0 Å². The molecule has 0 bridgehead atoms. The SMILES string of the molecule is N=C(N)N1CC[C@H](C(F)F)C1. The van der Waals surface area contributed by atoms with Crippen molar-refractivity contribution in [1.29, 1.82) is 5.41 Å². The molecule has 1 rings (SSSR count). The molecule has 0 radical (unpaired) electrons. The Hall–Kier alpha value is -0.870. The van der Waals surface area contributed by atoms with Gasteiger partial charge in [0.15, 0.2) is 5.96 Å². The summed E-state index contributed by atoms with van der Waals surface area (Å²) in [6.45, 7) is 0.720. The third-order valence-corrected chi connectivity index (χ3v) is 1.92. The van der Waals surface area contributed by atoms with E-state index in [9.17, 15) is 8.78 Å². The lowest BCUT2D eigenvalue weighted by molar-refractivity contribution is 0.0840. The standard InChI is InChI=1S/C6H11F2N3/c7-5(8)4-1-2-11(3-4)6(9)10/h4-5H,1-3H2,(H3,9,10)/t4-/m0/s1. The van der Waals surface area contributed by atoms with E-state index in [1.54, 1.807) is 0 Å². The number of halogens is 2. The minimum Gasteiger partial charge on any atom is -0.370 e. The molecule has 3 N–H and O–H groups in total. The van der Waals surface area contributed by atoms with Crippen molar-refractivity contribution in [2.45, 2.75) is 12.8 Å². The van der Waals surface area contributed by atoms with E-state index in [0.717, 1.165) is 0 Å². The van der Waals surface area contributed by atoms with Gasteiger partial charge in [0.1, 0.15) is 0 Å². The third kappa shape index (κ3) is 1.78. The molecule has 3 nitrogen and oxygen atoms in total. The monoisotopic (exact) mass is 163 g/mol. The number of hydrogen-bond acceptors (Lipinski definition) is 1. The second kappa shape index (κ2) is 3.02. The lowest BCUT2D eigenvalue weighted by Crippen LogP contribution is -2.34. The molecule has 1 heterocycles. The summed E-state index contributed by atoms with van der Waals surface area (Å²) in [4.78, 5) is 1.47. The number of nitrogens with two attached hydrogens (primary N) is 1. The smallest absolute Gasteiger partial charge is 0.243 e. The predicted octanol–water partition coefficient (Wildman–Crippen LogP) is 0.467. The Bertz CT molecular complexity index is 160. The zero-order valence-corrected chi connectivity index (χ0v) is 6.06. The maximum atomic E-state index is 12.0.